The van der Waals surface area contributed by atoms with Crippen LogP contribution < -0.4 is 4.72 Å². The van der Waals surface area contributed by atoms with E-state index >= 15 is 0 Å². The zero-order chi connectivity index (χ0) is 16.0. The van der Waals surface area contributed by atoms with Gasteiger partial charge in [-0.1, -0.05) is 63.9 Å². The number of carboxylic acids is 1. The Hall–Kier alpha value is -1.33. The van der Waals surface area contributed by atoms with Crippen LogP contribution in [0.3, 0.4) is 0 Å². The smallest absolute Gasteiger partial charge is 0.332 e. The molecule has 0 aliphatic rings. The van der Waals surface area contributed by atoms with Gasteiger partial charge in [-0.05, 0) is 17.9 Å². The highest BCUT2D eigenvalue weighted by atomic mass is 32.1. The molecule has 1 aromatic carbocycles. The number of rotatable bonds is 8. The Morgan fingerprint density at radius 2 is 1.86 bits per heavy atom. The summed E-state index contributed by atoms with van der Waals surface area (Å²) in [5.41, 5.74) is -0.656. The van der Waals surface area contributed by atoms with Crippen molar-refractivity contribution in [2.45, 2.75) is 39.2 Å². The lowest BCUT2D eigenvalue weighted by molar-refractivity contribution is -0.153. The van der Waals surface area contributed by atoms with Gasteiger partial charge in [0, 0.05) is 12.3 Å². The lowest BCUT2D eigenvalue weighted by atomic mass is 9.71. The molecule has 2 atom stereocenters. The summed E-state index contributed by atoms with van der Waals surface area (Å²) >= 11 is 3.98. The summed E-state index contributed by atoms with van der Waals surface area (Å²) in [6.07, 6.45) is 0.655. The molecule has 2 N–H and O–H groups in total. The van der Waals surface area contributed by atoms with Crippen molar-refractivity contribution in [1.82, 2.24) is 4.72 Å². The largest absolute Gasteiger partial charge is 0.480 e. The monoisotopic (exact) mass is 309 g/mol. The fraction of sp³-hybridized carbons (Fsp3) is 0.500. The second-order valence-electron chi connectivity index (χ2n) is 5.54. The van der Waals surface area contributed by atoms with E-state index in [0.29, 0.717) is 6.42 Å². The van der Waals surface area contributed by atoms with Gasteiger partial charge >= 0.3 is 5.97 Å². The normalized spacial score (nSPS) is 15.5. The molecule has 0 aliphatic heterocycles. The number of Topliss-reactive ketones (excluding diaryl/α,β-unsaturated/α-hetero) is 1. The Morgan fingerprint density at radius 3 is 2.24 bits per heavy atom. The average molecular weight is 309 g/mol. The molecule has 4 nitrogen and oxygen atoms in total. The maximum Gasteiger partial charge on any atom is 0.332 e. The Balaban J connectivity index is 3.26. The number of aliphatic carboxylic acids is 1. The van der Waals surface area contributed by atoms with E-state index in [-0.39, 0.29) is 24.0 Å². The first-order valence-corrected chi connectivity index (χ1v) is 7.56. The van der Waals surface area contributed by atoms with Gasteiger partial charge in [-0.15, -0.1) is 0 Å². The predicted octanol–water partition coefficient (Wildman–Crippen LogP) is 2.74. The van der Waals surface area contributed by atoms with E-state index in [0.717, 1.165) is 5.56 Å². The van der Waals surface area contributed by atoms with E-state index in [1.807, 2.05) is 44.2 Å². The van der Waals surface area contributed by atoms with Crippen molar-refractivity contribution < 1.29 is 14.7 Å². The molecule has 1 aromatic rings. The van der Waals surface area contributed by atoms with Gasteiger partial charge in [-0.25, -0.2) is 9.52 Å². The van der Waals surface area contributed by atoms with Crippen LogP contribution >= 0.6 is 12.8 Å². The van der Waals surface area contributed by atoms with Gasteiger partial charge in [0.15, 0.2) is 11.3 Å². The van der Waals surface area contributed by atoms with Gasteiger partial charge in [0.25, 0.3) is 0 Å². The molecule has 0 fully saturated rings. The molecule has 0 saturated heterocycles. The number of carbonyl (C=O) groups excluding carboxylic acids is 1. The number of nitrogens with one attached hydrogen (secondary N) is 1. The van der Waals surface area contributed by atoms with Crippen molar-refractivity contribution in [3.05, 3.63) is 35.9 Å². The number of benzene rings is 1. The van der Waals surface area contributed by atoms with Crippen LogP contribution in [0.2, 0.25) is 0 Å². The standard InChI is InChI=1S/C16H23NO3S/c1-4-14(18)16(17-21,15(19)20)13(11(2)3)10-12-8-6-5-7-9-12/h5-9,11,13,17,21H,4,10H2,1-3H3,(H,19,20)/t13?,16-/m1/s1. The van der Waals surface area contributed by atoms with Crippen LogP contribution in [0.1, 0.15) is 32.8 Å². The topological polar surface area (TPSA) is 66.4 Å². The predicted molar refractivity (Wildman–Crippen MR) is 86.3 cm³/mol. The Bertz CT molecular complexity index is 490. The minimum absolute atomic E-state index is 0.0106. The van der Waals surface area contributed by atoms with Gasteiger partial charge in [0.2, 0.25) is 0 Å². The first kappa shape index (κ1) is 17.7. The number of thiol groups is 1. The molecule has 0 aliphatic carbocycles. The van der Waals surface area contributed by atoms with Gasteiger partial charge in [0.05, 0.1) is 0 Å². The van der Waals surface area contributed by atoms with Crippen molar-refractivity contribution in [3.63, 3.8) is 0 Å². The molecule has 1 rings (SSSR count). The van der Waals surface area contributed by atoms with Crippen LogP contribution in [0, 0.1) is 11.8 Å². The summed E-state index contributed by atoms with van der Waals surface area (Å²) in [4.78, 5) is 24.2. The number of ketones is 1. The highest BCUT2D eigenvalue weighted by molar-refractivity contribution is 7.78. The minimum atomic E-state index is -1.66. The van der Waals surface area contributed by atoms with E-state index in [9.17, 15) is 14.7 Å². The SMILES string of the molecule is CCC(=O)[C@@](NS)(C(=O)O)C(Cc1ccccc1)C(C)C. The molecule has 21 heavy (non-hydrogen) atoms. The van der Waals surface area contributed by atoms with E-state index in [4.69, 9.17) is 0 Å². The summed E-state index contributed by atoms with van der Waals surface area (Å²) in [7, 11) is 0. The molecule has 0 heterocycles. The van der Waals surface area contributed by atoms with E-state index in [1.165, 1.54) is 0 Å². The maximum atomic E-state index is 12.4. The van der Waals surface area contributed by atoms with E-state index in [2.05, 4.69) is 17.5 Å². The van der Waals surface area contributed by atoms with Crippen molar-refractivity contribution in [3.8, 4) is 0 Å². The summed E-state index contributed by atoms with van der Waals surface area (Å²) in [6.45, 7) is 5.53. The first-order chi connectivity index (χ1) is 9.90. The maximum absolute atomic E-state index is 12.4. The summed E-state index contributed by atoms with van der Waals surface area (Å²) in [5.74, 6) is -1.89. The van der Waals surface area contributed by atoms with Crippen LogP contribution in [0.25, 0.3) is 0 Å². The zero-order valence-electron chi connectivity index (χ0n) is 12.7. The molecule has 116 valence electrons. The molecule has 0 amide bonds. The van der Waals surface area contributed by atoms with Crippen LogP contribution in [0.15, 0.2) is 30.3 Å². The molecule has 1 unspecified atom stereocenters. The van der Waals surface area contributed by atoms with Crippen LogP contribution in [-0.2, 0) is 16.0 Å². The lowest BCUT2D eigenvalue weighted by Crippen LogP contribution is -2.62. The highest BCUT2D eigenvalue weighted by Crippen LogP contribution is 2.31. The average Bonchev–Trinajstić information content (AvgIpc) is 2.47. The molecular weight excluding hydrogens is 286 g/mol. The number of hydrogen-bond donors (Lipinski definition) is 3. The second-order valence-corrected chi connectivity index (χ2v) is 5.77. The highest BCUT2D eigenvalue weighted by Gasteiger charge is 2.51. The fourth-order valence-electron chi connectivity index (χ4n) is 2.71. The van der Waals surface area contributed by atoms with Crippen molar-refractivity contribution in [1.29, 1.82) is 0 Å². The molecule has 0 spiro atoms. The Labute approximate surface area is 131 Å². The molecule has 0 bridgehead atoms. The summed E-state index contributed by atoms with van der Waals surface area (Å²) < 4.78 is 2.51. The van der Waals surface area contributed by atoms with Gasteiger partial charge in [0.1, 0.15) is 0 Å². The van der Waals surface area contributed by atoms with Crippen LogP contribution in [0.4, 0.5) is 0 Å². The lowest BCUT2D eigenvalue weighted by Gasteiger charge is -2.37. The van der Waals surface area contributed by atoms with Crippen LogP contribution in [-0.4, -0.2) is 22.4 Å². The van der Waals surface area contributed by atoms with Gasteiger partial charge in [-0.3, -0.25) is 4.79 Å². The summed E-state index contributed by atoms with van der Waals surface area (Å²) in [6, 6.07) is 9.61. The minimum Gasteiger partial charge on any atom is -0.480 e. The van der Waals surface area contributed by atoms with E-state index < -0.39 is 11.5 Å². The Morgan fingerprint density at radius 1 is 1.29 bits per heavy atom. The summed E-state index contributed by atoms with van der Waals surface area (Å²) in [5, 5.41) is 9.69. The van der Waals surface area contributed by atoms with Crippen molar-refractivity contribution in [2.24, 2.45) is 11.8 Å². The Kier molecular flexibility index (Phi) is 6.42. The van der Waals surface area contributed by atoms with Crippen molar-refractivity contribution >= 4 is 24.6 Å². The quantitative estimate of drug-likeness (QED) is 0.510. The molecule has 5 heteroatoms. The molecule has 0 saturated carbocycles. The molecular formula is C16H23NO3S. The van der Waals surface area contributed by atoms with E-state index in [1.54, 1.807) is 6.92 Å². The second kappa shape index (κ2) is 7.61. The molecule has 0 aromatic heterocycles. The third-order valence-corrected chi connectivity index (χ3v) is 4.29. The zero-order valence-corrected chi connectivity index (χ0v) is 13.6. The van der Waals surface area contributed by atoms with Crippen molar-refractivity contribution in [2.75, 3.05) is 0 Å². The number of carbonyl (C=O) groups is 2. The van der Waals surface area contributed by atoms with Crippen LogP contribution in [0.5, 0.6) is 0 Å². The van der Waals surface area contributed by atoms with Gasteiger partial charge in [-0.2, -0.15) is 0 Å². The number of hydrogen-bond acceptors (Lipinski definition) is 4. The third-order valence-electron chi connectivity index (χ3n) is 3.93. The fourth-order valence-corrected chi connectivity index (χ4v) is 3.10. The third kappa shape index (κ3) is 3.66. The number of carboxylic acid groups (broad SMARTS) is 1. The van der Waals surface area contributed by atoms with Gasteiger partial charge < -0.3 is 5.11 Å². The molecule has 0 radical (unpaired) electrons. The first-order valence-electron chi connectivity index (χ1n) is 7.12.